The highest BCUT2D eigenvalue weighted by molar-refractivity contribution is 6.31. The second-order valence-electron chi connectivity index (χ2n) is 8.87. The molecular weight excluding hydrogens is 487 g/mol. The van der Waals surface area contributed by atoms with Crippen LogP contribution in [0.1, 0.15) is 12.8 Å². The van der Waals surface area contributed by atoms with E-state index in [2.05, 4.69) is 25.5 Å². The van der Waals surface area contributed by atoms with E-state index in [1.54, 1.807) is 13.2 Å². The van der Waals surface area contributed by atoms with Crippen molar-refractivity contribution in [3.8, 4) is 11.5 Å². The molecule has 3 aromatic rings. The molecule has 2 aliphatic heterocycles. The summed E-state index contributed by atoms with van der Waals surface area (Å²) in [6.45, 7) is 4.90. The lowest BCUT2D eigenvalue weighted by atomic mass is 10.1. The Hall–Kier alpha value is -3.37. The van der Waals surface area contributed by atoms with E-state index < -0.39 is 5.82 Å². The minimum atomic E-state index is -0.484. The highest BCUT2D eigenvalue weighted by Gasteiger charge is 2.24. The summed E-state index contributed by atoms with van der Waals surface area (Å²) in [7, 11) is 1.60. The minimum Gasteiger partial charge on any atom is -0.493 e. The Balaban J connectivity index is 1.27. The average molecular weight is 515 g/mol. The van der Waals surface area contributed by atoms with Crippen LogP contribution in [0, 0.1) is 5.82 Å². The van der Waals surface area contributed by atoms with Crippen LogP contribution in [0.25, 0.3) is 10.9 Å². The van der Waals surface area contributed by atoms with Gasteiger partial charge in [-0.2, -0.15) is 0 Å². The van der Waals surface area contributed by atoms with Gasteiger partial charge < -0.3 is 29.9 Å². The zero-order valence-corrected chi connectivity index (χ0v) is 20.7. The fourth-order valence-electron chi connectivity index (χ4n) is 4.54. The van der Waals surface area contributed by atoms with Crippen molar-refractivity contribution in [2.24, 2.45) is 0 Å². The number of methoxy groups -OCH3 is 1. The lowest BCUT2D eigenvalue weighted by Crippen LogP contribution is -2.42. The fourth-order valence-corrected chi connectivity index (χ4v) is 4.72. The monoisotopic (exact) mass is 514 g/mol. The predicted molar refractivity (Wildman–Crippen MR) is 136 cm³/mol. The summed E-state index contributed by atoms with van der Waals surface area (Å²) in [6, 6.07) is 8.14. The van der Waals surface area contributed by atoms with Gasteiger partial charge in [-0.15, -0.1) is 0 Å². The number of piperidine rings is 1. The number of likely N-dealkylation sites (tertiary alicyclic amines) is 1. The zero-order chi connectivity index (χ0) is 25.1. The minimum absolute atomic E-state index is 0.0250. The van der Waals surface area contributed by atoms with E-state index in [0.29, 0.717) is 28.5 Å². The van der Waals surface area contributed by atoms with Gasteiger partial charge in [-0.3, -0.25) is 0 Å². The Labute approximate surface area is 213 Å². The summed E-state index contributed by atoms with van der Waals surface area (Å²) in [5, 5.41) is 6.80. The normalized spacial score (nSPS) is 16.9. The summed E-state index contributed by atoms with van der Waals surface area (Å²) in [4.78, 5) is 24.7. The van der Waals surface area contributed by atoms with Crippen LogP contribution < -0.4 is 20.1 Å². The topological polar surface area (TPSA) is 91.9 Å². The number of rotatable bonds is 8. The van der Waals surface area contributed by atoms with E-state index in [-0.39, 0.29) is 17.2 Å². The predicted octanol–water partition coefficient (Wildman–Crippen LogP) is 4.04. The Morgan fingerprint density at radius 2 is 1.97 bits per heavy atom. The molecule has 3 heterocycles. The SMILES string of the molecule is COc1cc2ncnc(Nc3ccc(F)c(Cl)c3)c2cc1OC1CCN(CCN2CCNC2=O)CC1. The number of nitrogens with one attached hydrogen (secondary N) is 2. The Morgan fingerprint density at radius 3 is 2.69 bits per heavy atom. The van der Waals surface area contributed by atoms with Crippen molar-refractivity contribution in [3.63, 3.8) is 0 Å². The van der Waals surface area contributed by atoms with Crippen LogP contribution in [0.3, 0.4) is 0 Å². The van der Waals surface area contributed by atoms with Crippen molar-refractivity contribution in [1.29, 1.82) is 0 Å². The van der Waals surface area contributed by atoms with Crippen LogP contribution in [-0.2, 0) is 0 Å². The van der Waals surface area contributed by atoms with Gasteiger partial charge in [-0.1, -0.05) is 11.6 Å². The summed E-state index contributed by atoms with van der Waals surface area (Å²) in [5.74, 6) is 1.28. The molecule has 11 heteroatoms. The number of fused-ring (bicyclic) bond motifs is 1. The van der Waals surface area contributed by atoms with Gasteiger partial charge in [0, 0.05) is 56.4 Å². The molecule has 1 aromatic heterocycles. The third-order valence-electron chi connectivity index (χ3n) is 6.56. The van der Waals surface area contributed by atoms with E-state index in [4.69, 9.17) is 21.1 Å². The first kappa shape index (κ1) is 24.3. The number of aromatic nitrogens is 2. The van der Waals surface area contributed by atoms with E-state index in [1.165, 1.54) is 18.5 Å². The number of hydrogen-bond acceptors (Lipinski definition) is 7. The number of amides is 2. The van der Waals surface area contributed by atoms with Crippen LogP contribution in [0.5, 0.6) is 11.5 Å². The zero-order valence-electron chi connectivity index (χ0n) is 20.0. The van der Waals surface area contributed by atoms with E-state index in [0.717, 1.165) is 57.5 Å². The molecule has 2 aromatic carbocycles. The number of hydrogen-bond donors (Lipinski definition) is 2. The van der Waals surface area contributed by atoms with E-state index in [1.807, 2.05) is 17.0 Å². The average Bonchev–Trinajstić information content (AvgIpc) is 3.30. The number of nitrogens with zero attached hydrogens (tertiary/aromatic N) is 4. The van der Waals surface area contributed by atoms with Crippen LogP contribution >= 0.6 is 11.6 Å². The Kier molecular flexibility index (Phi) is 7.24. The molecule has 190 valence electrons. The first-order valence-corrected chi connectivity index (χ1v) is 12.3. The molecule has 2 fully saturated rings. The maximum Gasteiger partial charge on any atom is 0.317 e. The largest absolute Gasteiger partial charge is 0.493 e. The van der Waals surface area contributed by atoms with Gasteiger partial charge >= 0.3 is 6.03 Å². The van der Waals surface area contributed by atoms with Gasteiger partial charge in [-0.25, -0.2) is 19.2 Å². The van der Waals surface area contributed by atoms with Crippen LogP contribution in [0.2, 0.25) is 5.02 Å². The number of benzene rings is 2. The second-order valence-corrected chi connectivity index (χ2v) is 9.28. The van der Waals surface area contributed by atoms with E-state index >= 15 is 0 Å². The van der Waals surface area contributed by atoms with Crippen LogP contribution in [-0.4, -0.2) is 78.3 Å². The molecule has 0 saturated carbocycles. The highest BCUT2D eigenvalue weighted by atomic mass is 35.5. The molecule has 0 aliphatic carbocycles. The van der Waals surface area contributed by atoms with Crippen LogP contribution in [0.4, 0.5) is 20.7 Å². The second kappa shape index (κ2) is 10.7. The van der Waals surface area contributed by atoms with Crippen LogP contribution in [0.15, 0.2) is 36.7 Å². The standard InChI is InChI=1S/C25H28ClFN6O3/c1-35-22-14-21-18(24(30-15-29-21)31-16-2-3-20(27)19(26)12-16)13-23(22)36-17-4-7-32(8-5-17)10-11-33-9-6-28-25(33)34/h2-3,12-15,17H,4-11H2,1H3,(H,28,34)(H,29,30,31). The number of anilines is 2. The molecule has 2 aliphatic rings. The Morgan fingerprint density at radius 1 is 1.14 bits per heavy atom. The molecule has 5 rings (SSSR count). The summed E-state index contributed by atoms with van der Waals surface area (Å²) < 4.78 is 25.5. The molecule has 2 amide bonds. The molecule has 2 N–H and O–H groups in total. The van der Waals surface area contributed by atoms with Crippen molar-refractivity contribution in [2.75, 3.05) is 51.7 Å². The fraction of sp³-hybridized carbons (Fsp3) is 0.400. The van der Waals surface area contributed by atoms with Gasteiger partial charge in [0.1, 0.15) is 24.1 Å². The first-order chi connectivity index (χ1) is 17.5. The van der Waals surface area contributed by atoms with Crippen molar-refractivity contribution >= 4 is 40.0 Å². The van der Waals surface area contributed by atoms with Crippen molar-refractivity contribution < 1.29 is 18.7 Å². The quantitative estimate of drug-likeness (QED) is 0.468. The highest BCUT2D eigenvalue weighted by Crippen LogP contribution is 2.36. The molecule has 9 nitrogen and oxygen atoms in total. The van der Waals surface area contributed by atoms with Gasteiger partial charge in [0.25, 0.3) is 0 Å². The lowest BCUT2D eigenvalue weighted by Gasteiger charge is -2.33. The summed E-state index contributed by atoms with van der Waals surface area (Å²) in [5.41, 5.74) is 1.30. The Bertz CT molecular complexity index is 1250. The maximum absolute atomic E-state index is 13.6. The molecule has 0 radical (unpaired) electrons. The summed E-state index contributed by atoms with van der Waals surface area (Å²) >= 11 is 5.93. The van der Waals surface area contributed by atoms with Gasteiger partial charge in [0.2, 0.25) is 0 Å². The third kappa shape index (κ3) is 5.39. The van der Waals surface area contributed by atoms with Crippen molar-refractivity contribution in [2.45, 2.75) is 18.9 Å². The molecule has 0 unspecified atom stereocenters. The summed E-state index contributed by atoms with van der Waals surface area (Å²) in [6.07, 6.45) is 3.24. The lowest BCUT2D eigenvalue weighted by molar-refractivity contribution is 0.0941. The third-order valence-corrected chi connectivity index (χ3v) is 6.85. The maximum atomic E-state index is 13.6. The van der Waals surface area contributed by atoms with E-state index in [9.17, 15) is 9.18 Å². The van der Waals surface area contributed by atoms with Crippen molar-refractivity contribution in [1.82, 2.24) is 25.1 Å². The smallest absolute Gasteiger partial charge is 0.317 e. The van der Waals surface area contributed by atoms with Gasteiger partial charge in [-0.05, 0) is 37.1 Å². The number of carbonyl (C=O) groups excluding carboxylic acids is 1. The molecule has 0 spiro atoms. The van der Waals surface area contributed by atoms with Gasteiger partial charge in [0.05, 0.1) is 17.6 Å². The molecule has 0 bridgehead atoms. The first-order valence-electron chi connectivity index (χ1n) is 12.0. The molecule has 36 heavy (non-hydrogen) atoms. The molecule has 0 atom stereocenters. The number of halogens is 2. The number of urea groups is 1. The number of carbonyl (C=O) groups is 1. The van der Waals surface area contributed by atoms with Crippen molar-refractivity contribution in [3.05, 3.63) is 47.5 Å². The molecular formula is C25H28ClFN6O3. The molecule has 2 saturated heterocycles. The van der Waals surface area contributed by atoms with Gasteiger partial charge in [0.15, 0.2) is 11.5 Å². The number of ether oxygens (including phenoxy) is 2.